The molecule has 0 aromatic heterocycles. The maximum Gasteiger partial charge on any atom is 0.317 e. The fourth-order valence-corrected chi connectivity index (χ4v) is 1.49. The van der Waals surface area contributed by atoms with Crippen LogP contribution < -0.4 is 11.1 Å². The summed E-state index contributed by atoms with van der Waals surface area (Å²) in [6.45, 7) is 6.53. The molecule has 4 nitrogen and oxygen atoms in total. The van der Waals surface area contributed by atoms with E-state index in [4.69, 9.17) is 5.73 Å². The lowest BCUT2D eigenvalue weighted by molar-refractivity contribution is 0.109. The number of urea groups is 1. The van der Waals surface area contributed by atoms with E-state index >= 15 is 0 Å². The molecule has 1 fully saturated rings. The largest absolute Gasteiger partial charge is 0.338 e. The van der Waals surface area contributed by atoms with Gasteiger partial charge in [0.25, 0.3) is 0 Å². The van der Waals surface area contributed by atoms with E-state index in [0.29, 0.717) is 5.92 Å². The topological polar surface area (TPSA) is 58.4 Å². The SMILES string of the molecule is CCCCNC(=O)N1CC(C(C)N)C1. The van der Waals surface area contributed by atoms with Crippen molar-refractivity contribution < 1.29 is 4.79 Å². The first-order valence-corrected chi connectivity index (χ1v) is 5.43. The lowest BCUT2D eigenvalue weighted by Crippen LogP contribution is -2.58. The van der Waals surface area contributed by atoms with Gasteiger partial charge in [-0.15, -0.1) is 0 Å². The minimum Gasteiger partial charge on any atom is -0.338 e. The van der Waals surface area contributed by atoms with Gasteiger partial charge in [-0.1, -0.05) is 13.3 Å². The van der Waals surface area contributed by atoms with Gasteiger partial charge in [0.2, 0.25) is 0 Å². The van der Waals surface area contributed by atoms with Crippen molar-refractivity contribution in [3.63, 3.8) is 0 Å². The molecular formula is C10H21N3O. The normalized spacial score (nSPS) is 18.9. The van der Waals surface area contributed by atoms with Gasteiger partial charge in [-0.05, 0) is 13.3 Å². The zero-order chi connectivity index (χ0) is 10.6. The van der Waals surface area contributed by atoms with E-state index in [1.165, 1.54) is 0 Å². The molecular weight excluding hydrogens is 178 g/mol. The van der Waals surface area contributed by atoms with Crippen molar-refractivity contribution in [2.24, 2.45) is 11.7 Å². The van der Waals surface area contributed by atoms with Gasteiger partial charge in [-0.2, -0.15) is 0 Å². The van der Waals surface area contributed by atoms with E-state index < -0.39 is 0 Å². The van der Waals surface area contributed by atoms with Crippen molar-refractivity contribution in [1.82, 2.24) is 10.2 Å². The van der Waals surface area contributed by atoms with E-state index in [-0.39, 0.29) is 12.1 Å². The van der Waals surface area contributed by atoms with Crippen LogP contribution >= 0.6 is 0 Å². The zero-order valence-electron chi connectivity index (χ0n) is 9.12. The first kappa shape index (κ1) is 11.3. The average Bonchev–Trinajstić information content (AvgIpc) is 2.01. The second kappa shape index (κ2) is 5.20. The molecule has 1 rings (SSSR count). The number of likely N-dealkylation sites (tertiary alicyclic amines) is 1. The maximum atomic E-state index is 11.4. The lowest BCUT2D eigenvalue weighted by atomic mass is 9.94. The van der Waals surface area contributed by atoms with Crippen molar-refractivity contribution in [2.45, 2.75) is 32.7 Å². The summed E-state index contributed by atoms with van der Waals surface area (Å²) in [7, 11) is 0. The number of nitrogens with zero attached hydrogens (tertiary/aromatic N) is 1. The molecule has 1 unspecified atom stereocenters. The van der Waals surface area contributed by atoms with Gasteiger partial charge in [-0.3, -0.25) is 0 Å². The Labute approximate surface area is 85.8 Å². The summed E-state index contributed by atoms with van der Waals surface area (Å²) >= 11 is 0. The van der Waals surface area contributed by atoms with Crippen LogP contribution in [0.5, 0.6) is 0 Å². The van der Waals surface area contributed by atoms with E-state index in [0.717, 1.165) is 32.5 Å². The highest BCUT2D eigenvalue weighted by Crippen LogP contribution is 2.17. The number of hydrogen-bond donors (Lipinski definition) is 2. The maximum absolute atomic E-state index is 11.4. The third-order valence-corrected chi connectivity index (χ3v) is 2.75. The Kier molecular flexibility index (Phi) is 4.20. The van der Waals surface area contributed by atoms with Crippen LogP contribution in [0.1, 0.15) is 26.7 Å². The fraction of sp³-hybridized carbons (Fsp3) is 0.900. The molecule has 0 radical (unpaired) electrons. The van der Waals surface area contributed by atoms with Crippen LogP contribution in [0.4, 0.5) is 4.79 Å². The molecule has 0 aliphatic carbocycles. The number of nitrogens with two attached hydrogens (primary N) is 1. The Bertz CT molecular complexity index is 188. The first-order valence-electron chi connectivity index (χ1n) is 5.43. The summed E-state index contributed by atoms with van der Waals surface area (Å²) in [4.78, 5) is 13.3. The van der Waals surface area contributed by atoms with E-state index in [1.807, 2.05) is 11.8 Å². The molecule has 1 heterocycles. The van der Waals surface area contributed by atoms with Crippen LogP contribution in [0.3, 0.4) is 0 Å². The Balaban J connectivity index is 2.10. The van der Waals surface area contributed by atoms with Crippen molar-refractivity contribution >= 4 is 6.03 Å². The smallest absolute Gasteiger partial charge is 0.317 e. The van der Waals surface area contributed by atoms with Gasteiger partial charge in [0.1, 0.15) is 0 Å². The highest BCUT2D eigenvalue weighted by atomic mass is 16.2. The zero-order valence-corrected chi connectivity index (χ0v) is 9.12. The molecule has 1 aliphatic heterocycles. The minimum absolute atomic E-state index is 0.0651. The Morgan fingerprint density at radius 3 is 2.79 bits per heavy atom. The van der Waals surface area contributed by atoms with Crippen LogP contribution in [-0.2, 0) is 0 Å². The second-order valence-corrected chi connectivity index (χ2v) is 4.11. The number of unbranched alkanes of at least 4 members (excludes halogenated alkanes) is 1. The Morgan fingerprint density at radius 1 is 1.64 bits per heavy atom. The minimum atomic E-state index is 0.0651. The fourth-order valence-electron chi connectivity index (χ4n) is 1.49. The molecule has 2 amide bonds. The van der Waals surface area contributed by atoms with Crippen LogP contribution in [0, 0.1) is 5.92 Å². The molecule has 14 heavy (non-hydrogen) atoms. The van der Waals surface area contributed by atoms with Crippen molar-refractivity contribution in [3.8, 4) is 0 Å². The van der Waals surface area contributed by atoms with Crippen molar-refractivity contribution in [2.75, 3.05) is 19.6 Å². The average molecular weight is 199 g/mol. The number of amides is 2. The second-order valence-electron chi connectivity index (χ2n) is 4.11. The lowest BCUT2D eigenvalue weighted by Gasteiger charge is -2.41. The van der Waals surface area contributed by atoms with Gasteiger partial charge >= 0.3 is 6.03 Å². The molecule has 0 saturated carbocycles. The highest BCUT2D eigenvalue weighted by molar-refractivity contribution is 5.75. The van der Waals surface area contributed by atoms with Crippen LogP contribution in [0.15, 0.2) is 0 Å². The predicted octanol–water partition coefficient (Wildman–Crippen LogP) is 0.775. The third-order valence-electron chi connectivity index (χ3n) is 2.75. The summed E-state index contributed by atoms with van der Waals surface area (Å²) in [6.07, 6.45) is 2.17. The molecule has 1 aliphatic rings. The molecule has 0 aromatic carbocycles. The van der Waals surface area contributed by atoms with E-state index in [9.17, 15) is 4.79 Å². The van der Waals surface area contributed by atoms with E-state index in [1.54, 1.807) is 0 Å². The summed E-state index contributed by atoms with van der Waals surface area (Å²) < 4.78 is 0. The standard InChI is InChI=1S/C10H21N3O/c1-3-4-5-12-10(14)13-6-9(7-13)8(2)11/h8-9H,3-7,11H2,1-2H3,(H,12,14). The number of hydrogen-bond acceptors (Lipinski definition) is 2. The van der Waals surface area contributed by atoms with Crippen LogP contribution in [0.2, 0.25) is 0 Å². The summed E-state index contributed by atoms with van der Waals surface area (Å²) in [5, 5.41) is 2.89. The molecule has 0 aromatic rings. The number of rotatable bonds is 4. The van der Waals surface area contributed by atoms with Crippen molar-refractivity contribution in [1.29, 1.82) is 0 Å². The predicted molar refractivity (Wildman–Crippen MR) is 57.0 cm³/mol. The molecule has 4 heteroatoms. The van der Waals surface area contributed by atoms with Gasteiger partial charge in [0.05, 0.1) is 0 Å². The summed E-state index contributed by atoms with van der Waals surface area (Å²) in [6, 6.07) is 0.269. The van der Waals surface area contributed by atoms with Gasteiger partial charge in [-0.25, -0.2) is 4.79 Å². The van der Waals surface area contributed by atoms with Gasteiger partial charge in [0.15, 0.2) is 0 Å². The highest BCUT2D eigenvalue weighted by Gasteiger charge is 2.32. The van der Waals surface area contributed by atoms with Crippen LogP contribution in [0.25, 0.3) is 0 Å². The molecule has 82 valence electrons. The number of carbonyl (C=O) groups excluding carboxylic acids is 1. The first-order chi connectivity index (χ1) is 6.65. The number of carbonyl (C=O) groups is 1. The van der Waals surface area contributed by atoms with E-state index in [2.05, 4.69) is 12.2 Å². The molecule has 1 saturated heterocycles. The quantitative estimate of drug-likeness (QED) is 0.657. The summed E-state index contributed by atoms with van der Waals surface area (Å²) in [5.74, 6) is 0.493. The molecule has 1 atom stereocenters. The molecule has 0 bridgehead atoms. The summed E-state index contributed by atoms with van der Waals surface area (Å²) in [5.41, 5.74) is 5.72. The van der Waals surface area contributed by atoms with Gasteiger partial charge in [0, 0.05) is 31.6 Å². The van der Waals surface area contributed by atoms with Crippen LogP contribution in [-0.4, -0.2) is 36.6 Å². The number of nitrogens with one attached hydrogen (secondary N) is 1. The molecule has 3 N–H and O–H groups in total. The molecule has 0 spiro atoms. The Hall–Kier alpha value is -0.770. The monoisotopic (exact) mass is 199 g/mol. The Morgan fingerprint density at radius 2 is 2.29 bits per heavy atom. The van der Waals surface area contributed by atoms with Gasteiger partial charge < -0.3 is 16.0 Å². The van der Waals surface area contributed by atoms with Crippen molar-refractivity contribution in [3.05, 3.63) is 0 Å². The third kappa shape index (κ3) is 2.87.